The molecule has 1 heterocycles. The summed E-state index contributed by atoms with van der Waals surface area (Å²) in [7, 11) is 2.02. The van der Waals surface area contributed by atoms with E-state index >= 15 is 0 Å². The van der Waals surface area contributed by atoms with Gasteiger partial charge in [-0.25, -0.2) is 4.98 Å². The van der Waals surface area contributed by atoms with Crippen LogP contribution in [0.3, 0.4) is 0 Å². The van der Waals surface area contributed by atoms with E-state index in [1.807, 2.05) is 11.7 Å². The van der Waals surface area contributed by atoms with Crippen LogP contribution in [0.1, 0.15) is 63.5 Å². The molecule has 1 saturated carbocycles. The Bertz CT molecular complexity index is 364. The van der Waals surface area contributed by atoms with Crippen LogP contribution in [0.2, 0.25) is 0 Å². The normalized spacial score (nSPS) is 16.9. The molecule has 1 aromatic heterocycles. The van der Waals surface area contributed by atoms with Crippen LogP contribution in [0.5, 0.6) is 0 Å². The van der Waals surface area contributed by atoms with Gasteiger partial charge in [0.05, 0.1) is 0 Å². The second kappa shape index (κ2) is 6.32. The first-order valence-electron chi connectivity index (χ1n) is 7.30. The van der Waals surface area contributed by atoms with E-state index in [2.05, 4.69) is 24.3 Å². The van der Waals surface area contributed by atoms with E-state index in [4.69, 9.17) is 4.98 Å². The van der Waals surface area contributed by atoms with Crippen molar-refractivity contribution in [2.45, 2.75) is 64.3 Å². The summed E-state index contributed by atoms with van der Waals surface area (Å²) >= 11 is 0. The van der Waals surface area contributed by atoms with E-state index < -0.39 is 0 Å². The molecule has 0 aromatic carbocycles. The van der Waals surface area contributed by atoms with Gasteiger partial charge in [0.1, 0.15) is 5.82 Å². The number of rotatable bonds is 6. The number of nitrogens with one attached hydrogen (secondary N) is 1. The van der Waals surface area contributed by atoms with Crippen molar-refractivity contribution in [3.8, 4) is 0 Å². The molecule has 102 valence electrons. The van der Waals surface area contributed by atoms with Crippen LogP contribution in [-0.4, -0.2) is 27.4 Å². The van der Waals surface area contributed by atoms with Gasteiger partial charge in [0.2, 0.25) is 0 Å². The largest absolute Gasteiger partial charge is 0.315 e. The SMILES string of the molecule is CC(C)NCCCc1nc(C2CCCC2)nn1C. The zero-order valence-electron chi connectivity index (χ0n) is 11.9. The maximum absolute atomic E-state index is 4.73. The highest BCUT2D eigenvalue weighted by Crippen LogP contribution is 2.32. The first-order chi connectivity index (χ1) is 8.66. The molecule has 0 bridgehead atoms. The average molecular weight is 250 g/mol. The Kier molecular flexibility index (Phi) is 4.75. The highest BCUT2D eigenvalue weighted by Gasteiger charge is 2.21. The van der Waals surface area contributed by atoms with Crippen molar-refractivity contribution in [1.29, 1.82) is 0 Å². The van der Waals surface area contributed by atoms with Gasteiger partial charge in [-0.1, -0.05) is 26.7 Å². The van der Waals surface area contributed by atoms with Gasteiger partial charge in [0, 0.05) is 25.4 Å². The number of nitrogens with zero attached hydrogens (tertiary/aromatic N) is 3. The molecule has 0 radical (unpaired) electrons. The van der Waals surface area contributed by atoms with Gasteiger partial charge < -0.3 is 5.32 Å². The monoisotopic (exact) mass is 250 g/mol. The van der Waals surface area contributed by atoms with Crippen molar-refractivity contribution >= 4 is 0 Å². The molecule has 1 aromatic rings. The van der Waals surface area contributed by atoms with Crippen LogP contribution in [0.4, 0.5) is 0 Å². The molecule has 18 heavy (non-hydrogen) atoms. The standard InChI is InChI=1S/C14H26N4/c1-11(2)15-10-6-9-13-16-14(17-18(13)3)12-7-4-5-8-12/h11-12,15H,4-10H2,1-3H3. The molecule has 2 rings (SSSR count). The third-order valence-electron chi connectivity index (χ3n) is 3.72. The molecule has 1 fully saturated rings. The minimum atomic E-state index is 0.568. The second-order valence-electron chi connectivity index (χ2n) is 5.70. The summed E-state index contributed by atoms with van der Waals surface area (Å²) in [6.07, 6.45) is 7.40. The van der Waals surface area contributed by atoms with Crippen molar-refractivity contribution in [3.05, 3.63) is 11.6 Å². The Morgan fingerprint density at radius 3 is 2.72 bits per heavy atom. The molecule has 1 N–H and O–H groups in total. The number of aromatic nitrogens is 3. The van der Waals surface area contributed by atoms with Crippen molar-refractivity contribution in [3.63, 3.8) is 0 Å². The van der Waals surface area contributed by atoms with Gasteiger partial charge in [-0.15, -0.1) is 0 Å². The fraction of sp³-hybridized carbons (Fsp3) is 0.857. The van der Waals surface area contributed by atoms with Gasteiger partial charge in [-0.05, 0) is 25.8 Å². The maximum Gasteiger partial charge on any atom is 0.154 e. The average Bonchev–Trinajstić information content (AvgIpc) is 2.93. The molecule has 0 amide bonds. The fourth-order valence-corrected chi connectivity index (χ4v) is 2.65. The van der Waals surface area contributed by atoms with Crippen LogP contribution < -0.4 is 5.32 Å². The Labute approximate surface area is 110 Å². The summed E-state index contributed by atoms with van der Waals surface area (Å²) in [5, 5.41) is 8.03. The molecular formula is C14H26N4. The number of hydrogen-bond acceptors (Lipinski definition) is 3. The third kappa shape index (κ3) is 3.55. The molecular weight excluding hydrogens is 224 g/mol. The predicted octanol–water partition coefficient (Wildman–Crippen LogP) is 2.40. The molecule has 0 atom stereocenters. The first kappa shape index (κ1) is 13.5. The molecule has 0 spiro atoms. The van der Waals surface area contributed by atoms with Crippen molar-refractivity contribution in [2.75, 3.05) is 6.54 Å². The summed E-state index contributed by atoms with van der Waals surface area (Å²) in [5.41, 5.74) is 0. The second-order valence-corrected chi connectivity index (χ2v) is 5.70. The molecule has 1 aliphatic carbocycles. The van der Waals surface area contributed by atoms with Gasteiger partial charge >= 0.3 is 0 Å². The summed E-state index contributed by atoms with van der Waals surface area (Å²) < 4.78 is 1.98. The van der Waals surface area contributed by atoms with E-state index in [-0.39, 0.29) is 0 Å². The van der Waals surface area contributed by atoms with E-state index in [0.29, 0.717) is 12.0 Å². The summed E-state index contributed by atoms with van der Waals surface area (Å²) in [4.78, 5) is 4.73. The molecule has 0 unspecified atom stereocenters. The fourth-order valence-electron chi connectivity index (χ4n) is 2.65. The topological polar surface area (TPSA) is 42.7 Å². The minimum Gasteiger partial charge on any atom is -0.315 e. The lowest BCUT2D eigenvalue weighted by molar-refractivity contribution is 0.558. The maximum atomic E-state index is 4.73. The van der Waals surface area contributed by atoms with E-state index in [9.17, 15) is 0 Å². The Hall–Kier alpha value is -0.900. The Balaban J connectivity index is 1.84. The van der Waals surface area contributed by atoms with Gasteiger partial charge in [0.15, 0.2) is 5.82 Å². The zero-order chi connectivity index (χ0) is 13.0. The molecule has 1 aliphatic rings. The summed E-state index contributed by atoms with van der Waals surface area (Å²) in [5.74, 6) is 2.85. The number of hydrogen-bond donors (Lipinski definition) is 1. The number of aryl methyl sites for hydroxylation is 2. The van der Waals surface area contributed by atoms with Gasteiger partial charge in [-0.2, -0.15) is 5.10 Å². The van der Waals surface area contributed by atoms with E-state index in [1.54, 1.807) is 0 Å². The van der Waals surface area contributed by atoms with E-state index in [0.717, 1.165) is 31.0 Å². The van der Waals surface area contributed by atoms with Crippen LogP contribution in [0, 0.1) is 0 Å². The minimum absolute atomic E-state index is 0.568. The lowest BCUT2D eigenvalue weighted by Crippen LogP contribution is -2.24. The molecule has 0 saturated heterocycles. The Morgan fingerprint density at radius 2 is 2.06 bits per heavy atom. The predicted molar refractivity (Wildman–Crippen MR) is 73.7 cm³/mol. The summed E-state index contributed by atoms with van der Waals surface area (Å²) in [6.45, 7) is 5.42. The van der Waals surface area contributed by atoms with Gasteiger partial charge in [-0.3, -0.25) is 4.68 Å². The first-order valence-corrected chi connectivity index (χ1v) is 7.30. The molecule has 0 aliphatic heterocycles. The molecule has 4 nitrogen and oxygen atoms in total. The smallest absolute Gasteiger partial charge is 0.154 e. The van der Waals surface area contributed by atoms with Crippen LogP contribution in [0.25, 0.3) is 0 Å². The lowest BCUT2D eigenvalue weighted by Gasteiger charge is -2.06. The van der Waals surface area contributed by atoms with Crippen molar-refractivity contribution < 1.29 is 0 Å². The molecule has 4 heteroatoms. The Morgan fingerprint density at radius 1 is 1.33 bits per heavy atom. The van der Waals surface area contributed by atoms with Crippen LogP contribution in [-0.2, 0) is 13.5 Å². The third-order valence-corrected chi connectivity index (χ3v) is 3.72. The highest BCUT2D eigenvalue weighted by atomic mass is 15.3. The zero-order valence-corrected chi connectivity index (χ0v) is 11.9. The van der Waals surface area contributed by atoms with Crippen molar-refractivity contribution in [2.24, 2.45) is 7.05 Å². The van der Waals surface area contributed by atoms with Gasteiger partial charge in [0.25, 0.3) is 0 Å². The van der Waals surface area contributed by atoms with Crippen LogP contribution in [0.15, 0.2) is 0 Å². The van der Waals surface area contributed by atoms with Crippen molar-refractivity contribution in [1.82, 2.24) is 20.1 Å². The quantitative estimate of drug-likeness (QED) is 0.788. The highest BCUT2D eigenvalue weighted by molar-refractivity contribution is 5.01. The van der Waals surface area contributed by atoms with Crippen LogP contribution >= 0.6 is 0 Å². The van der Waals surface area contributed by atoms with E-state index in [1.165, 1.54) is 25.7 Å². The summed E-state index contributed by atoms with van der Waals surface area (Å²) in [6, 6.07) is 0.568. The lowest BCUT2D eigenvalue weighted by atomic mass is 10.1.